The van der Waals surface area contributed by atoms with E-state index >= 15 is 0 Å². The molecular weight excluding hydrogens is 335 g/mol. The molecule has 11 heteroatoms. The van der Waals surface area contributed by atoms with Crippen LogP contribution in [0.2, 0.25) is 0 Å². The van der Waals surface area contributed by atoms with Crippen LogP contribution in [0.1, 0.15) is 19.8 Å². The molecule has 0 aliphatic carbocycles. The number of aliphatic carboxylic acids is 1. The fourth-order valence-electron chi connectivity index (χ4n) is 1.62. The van der Waals surface area contributed by atoms with Crippen molar-refractivity contribution in [3.8, 4) is 0 Å². The predicted molar refractivity (Wildman–Crippen MR) is 75.4 cm³/mol. The van der Waals surface area contributed by atoms with Crippen LogP contribution in [0.15, 0.2) is 12.2 Å². The van der Waals surface area contributed by atoms with Gasteiger partial charge in [0.1, 0.15) is 0 Å². The minimum Gasteiger partial charge on any atom is -0.475 e. The molecule has 8 nitrogen and oxygen atoms in total. The Labute approximate surface area is 135 Å². The maximum atomic E-state index is 11.3. The lowest BCUT2D eigenvalue weighted by atomic mass is 10.1. The van der Waals surface area contributed by atoms with Gasteiger partial charge >= 0.3 is 12.1 Å². The molecule has 1 aliphatic rings. The number of carboxylic acid groups (broad SMARTS) is 1. The van der Waals surface area contributed by atoms with Crippen molar-refractivity contribution in [3.63, 3.8) is 0 Å². The van der Waals surface area contributed by atoms with Gasteiger partial charge in [0.15, 0.2) is 0 Å². The molecule has 0 saturated heterocycles. The first-order chi connectivity index (χ1) is 11.0. The third kappa shape index (κ3) is 7.72. The van der Waals surface area contributed by atoms with Gasteiger partial charge in [-0.2, -0.15) is 13.2 Å². The first-order valence-electron chi connectivity index (χ1n) is 6.82. The molecule has 0 aromatic carbocycles. The molecule has 0 aromatic heterocycles. The number of amides is 3. The van der Waals surface area contributed by atoms with Crippen LogP contribution >= 0.6 is 0 Å². The number of nitrogens with two attached hydrogens (primary N) is 1. The number of halogens is 3. The highest BCUT2D eigenvalue weighted by Crippen LogP contribution is 2.13. The number of hydrogen-bond acceptors (Lipinski definition) is 5. The summed E-state index contributed by atoms with van der Waals surface area (Å²) in [5.74, 6) is -3.50. The zero-order valence-corrected chi connectivity index (χ0v) is 12.8. The summed E-state index contributed by atoms with van der Waals surface area (Å²) < 4.78 is 31.7. The second kappa shape index (κ2) is 9.65. The van der Waals surface area contributed by atoms with E-state index in [-0.39, 0.29) is 30.2 Å². The van der Waals surface area contributed by atoms with E-state index in [0.717, 1.165) is 4.90 Å². The maximum absolute atomic E-state index is 11.3. The molecule has 0 bridgehead atoms. The highest BCUT2D eigenvalue weighted by Gasteiger charge is 2.38. The molecule has 1 rings (SSSR count). The molecule has 3 amide bonds. The second-order valence-electron chi connectivity index (χ2n) is 4.71. The van der Waals surface area contributed by atoms with Crippen LogP contribution in [0, 0.1) is 0 Å². The average molecular weight is 353 g/mol. The minimum absolute atomic E-state index is 0.116. The number of nitrogens with one attached hydrogen (secondary N) is 1. The summed E-state index contributed by atoms with van der Waals surface area (Å²) in [5.41, 5.74) is 5.25. The van der Waals surface area contributed by atoms with E-state index in [1.54, 1.807) is 6.92 Å². The summed E-state index contributed by atoms with van der Waals surface area (Å²) in [6.45, 7) is 2.59. The summed E-state index contributed by atoms with van der Waals surface area (Å²) in [4.78, 5) is 44.1. The van der Waals surface area contributed by atoms with Crippen molar-refractivity contribution in [2.45, 2.75) is 32.0 Å². The molecule has 1 aliphatic heterocycles. The van der Waals surface area contributed by atoms with Crippen LogP contribution in [0.3, 0.4) is 0 Å². The standard InChI is InChI=1S/C11H17N3O3.C2HF3O2/c1-8(2-3-9(15)13-7-6-12)14-10(16)4-5-11(14)17;3-2(4,5)1(6)7/h4-5,8H,2-3,6-7,12H2,1H3,(H,13,15);(H,6,7). The number of carbonyl (C=O) groups excluding carboxylic acids is 3. The Hall–Kier alpha value is -2.43. The number of nitrogens with zero attached hydrogens (tertiary/aromatic N) is 1. The Morgan fingerprint density at radius 1 is 1.29 bits per heavy atom. The van der Waals surface area contributed by atoms with Crippen molar-refractivity contribution < 1.29 is 37.5 Å². The third-order valence-electron chi connectivity index (χ3n) is 2.78. The van der Waals surface area contributed by atoms with E-state index in [4.69, 9.17) is 15.6 Å². The number of carbonyl (C=O) groups is 4. The fourth-order valence-corrected chi connectivity index (χ4v) is 1.62. The molecular formula is C13H18F3N3O5. The van der Waals surface area contributed by atoms with Crippen molar-refractivity contribution in [3.05, 3.63) is 12.2 Å². The molecule has 1 unspecified atom stereocenters. The zero-order chi connectivity index (χ0) is 18.9. The van der Waals surface area contributed by atoms with Crippen molar-refractivity contribution >= 4 is 23.7 Å². The van der Waals surface area contributed by atoms with Crippen molar-refractivity contribution in [2.75, 3.05) is 13.1 Å². The number of rotatable bonds is 6. The van der Waals surface area contributed by atoms with Crippen LogP contribution < -0.4 is 11.1 Å². The topological polar surface area (TPSA) is 130 Å². The van der Waals surface area contributed by atoms with Gasteiger partial charge in [-0.25, -0.2) is 4.79 Å². The largest absolute Gasteiger partial charge is 0.490 e. The molecule has 24 heavy (non-hydrogen) atoms. The SMILES string of the molecule is CC(CCC(=O)NCCN)N1C(=O)C=CC1=O.O=C(O)C(F)(F)F. The van der Waals surface area contributed by atoms with E-state index in [1.807, 2.05) is 0 Å². The Morgan fingerprint density at radius 3 is 2.12 bits per heavy atom. The van der Waals surface area contributed by atoms with Crippen LogP contribution in [0.4, 0.5) is 13.2 Å². The smallest absolute Gasteiger partial charge is 0.475 e. The number of carboxylic acids is 1. The van der Waals surface area contributed by atoms with Crippen molar-refractivity contribution in [1.29, 1.82) is 0 Å². The minimum atomic E-state index is -5.08. The number of alkyl halides is 3. The van der Waals surface area contributed by atoms with Crippen LogP contribution in [0.25, 0.3) is 0 Å². The second-order valence-corrected chi connectivity index (χ2v) is 4.71. The first kappa shape index (κ1) is 21.6. The fraction of sp³-hybridized carbons (Fsp3) is 0.538. The quantitative estimate of drug-likeness (QED) is 0.567. The van der Waals surface area contributed by atoms with Crippen LogP contribution in [-0.2, 0) is 19.2 Å². The summed E-state index contributed by atoms with van der Waals surface area (Å²) in [7, 11) is 0. The van der Waals surface area contributed by atoms with E-state index in [0.29, 0.717) is 19.5 Å². The third-order valence-corrected chi connectivity index (χ3v) is 2.78. The molecule has 0 radical (unpaired) electrons. The molecule has 1 atom stereocenters. The van der Waals surface area contributed by atoms with Crippen molar-refractivity contribution in [1.82, 2.24) is 10.2 Å². The summed E-state index contributed by atoms with van der Waals surface area (Å²) >= 11 is 0. The van der Waals surface area contributed by atoms with Crippen LogP contribution in [-0.4, -0.2) is 59.0 Å². The predicted octanol–water partition coefficient (Wildman–Crippen LogP) is -0.212. The van der Waals surface area contributed by atoms with Gasteiger partial charge in [-0.1, -0.05) is 0 Å². The Morgan fingerprint density at radius 2 is 1.75 bits per heavy atom. The number of hydrogen-bond donors (Lipinski definition) is 3. The molecule has 136 valence electrons. The summed E-state index contributed by atoms with van der Waals surface area (Å²) in [6.07, 6.45) is -1.87. The average Bonchev–Trinajstić information content (AvgIpc) is 2.81. The maximum Gasteiger partial charge on any atom is 0.490 e. The molecule has 0 fully saturated rings. The molecule has 0 saturated carbocycles. The summed E-state index contributed by atoms with van der Waals surface area (Å²) in [6, 6.07) is -0.270. The highest BCUT2D eigenvalue weighted by molar-refractivity contribution is 6.13. The van der Waals surface area contributed by atoms with E-state index < -0.39 is 12.1 Å². The first-order valence-corrected chi connectivity index (χ1v) is 6.82. The Bertz CT molecular complexity index is 501. The normalized spacial score (nSPS) is 15.0. The highest BCUT2D eigenvalue weighted by atomic mass is 19.4. The van der Waals surface area contributed by atoms with E-state index in [9.17, 15) is 27.6 Å². The number of imide groups is 1. The van der Waals surface area contributed by atoms with Gasteiger partial charge in [0.2, 0.25) is 5.91 Å². The van der Waals surface area contributed by atoms with Gasteiger partial charge in [0, 0.05) is 37.7 Å². The lowest BCUT2D eigenvalue weighted by Crippen LogP contribution is -2.39. The zero-order valence-electron chi connectivity index (χ0n) is 12.8. The molecule has 0 aromatic rings. The lowest BCUT2D eigenvalue weighted by Gasteiger charge is -2.21. The monoisotopic (exact) mass is 353 g/mol. The van der Waals surface area contributed by atoms with Crippen molar-refractivity contribution in [2.24, 2.45) is 5.73 Å². The summed E-state index contributed by atoms with van der Waals surface area (Å²) in [5, 5.41) is 9.76. The van der Waals surface area contributed by atoms with E-state index in [2.05, 4.69) is 5.32 Å². The Kier molecular flexibility index (Phi) is 8.67. The molecule has 4 N–H and O–H groups in total. The van der Waals surface area contributed by atoms with Gasteiger partial charge in [0.05, 0.1) is 0 Å². The van der Waals surface area contributed by atoms with E-state index in [1.165, 1.54) is 12.2 Å². The van der Waals surface area contributed by atoms with Gasteiger partial charge in [-0.3, -0.25) is 19.3 Å². The van der Waals surface area contributed by atoms with Gasteiger partial charge in [-0.05, 0) is 13.3 Å². The van der Waals surface area contributed by atoms with Gasteiger partial charge < -0.3 is 16.2 Å². The van der Waals surface area contributed by atoms with Gasteiger partial charge in [0.25, 0.3) is 11.8 Å². The lowest BCUT2D eigenvalue weighted by molar-refractivity contribution is -0.192. The van der Waals surface area contributed by atoms with Crippen LogP contribution in [0.5, 0.6) is 0 Å². The Balaban J connectivity index is 0.000000640. The molecule has 1 heterocycles. The molecule has 0 spiro atoms. The van der Waals surface area contributed by atoms with Gasteiger partial charge in [-0.15, -0.1) is 0 Å².